The van der Waals surface area contributed by atoms with Gasteiger partial charge >= 0.3 is 11.9 Å². The number of fused-ring (bicyclic) bond motifs is 1. The van der Waals surface area contributed by atoms with Crippen molar-refractivity contribution < 1.29 is 19.1 Å². The molecule has 0 aliphatic rings. The van der Waals surface area contributed by atoms with Gasteiger partial charge in [-0.05, 0) is 31.9 Å². The number of esters is 2. The zero-order valence-corrected chi connectivity index (χ0v) is 16.3. The molecule has 0 bridgehead atoms. The summed E-state index contributed by atoms with van der Waals surface area (Å²) < 4.78 is 12.4. The molecule has 0 amide bonds. The van der Waals surface area contributed by atoms with Gasteiger partial charge in [0.15, 0.2) is 0 Å². The molecule has 3 rings (SSSR count). The molecular weight excluding hydrogens is 354 g/mol. The van der Waals surface area contributed by atoms with Crippen molar-refractivity contribution in [1.82, 2.24) is 4.57 Å². The first-order valence-corrected chi connectivity index (χ1v) is 9.66. The molecule has 0 radical (unpaired) electrons. The third kappa shape index (κ3) is 4.09. The van der Waals surface area contributed by atoms with Gasteiger partial charge in [-0.25, -0.2) is 4.79 Å². The molecule has 0 unspecified atom stereocenters. The predicted molar refractivity (Wildman–Crippen MR) is 109 cm³/mol. The number of rotatable bonds is 8. The molecule has 3 aromatic rings. The smallest absolute Gasteiger partial charge is 0.355 e. The Morgan fingerprint density at radius 3 is 2.29 bits per heavy atom. The predicted octanol–water partition coefficient (Wildman–Crippen LogP) is 4.83. The lowest BCUT2D eigenvalue weighted by Crippen LogP contribution is -2.14. The highest BCUT2D eigenvalue weighted by atomic mass is 16.5. The average molecular weight is 379 g/mol. The van der Waals surface area contributed by atoms with Gasteiger partial charge < -0.3 is 14.0 Å². The van der Waals surface area contributed by atoms with Gasteiger partial charge in [0.25, 0.3) is 0 Å². The molecule has 146 valence electrons. The monoisotopic (exact) mass is 379 g/mol. The number of hydrogen-bond donors (Lipinski definition) is 0. The van der Waals surface area contributed by atoms with Gasteiger partial charge in [-0.15, -0.1) is 0 Å². The summed E-state index contributed by atoms with van der Waals surface area (Å²) >= 11 is 0. The molecule has 0 spiro atoms. The average Bonchev–Trinajstić information content (AvgIpc) is 3.04. The highest BCUT2D eigenvalue weighted by Gasteiger charge is 2.24. The molecule has 0 saturated carbocycles. The topological polar surface area (TPSA) is 57.5 Å². The number of aryl methyl sites for hydroxylation is 1. The fourth-order valence-corrected chi connectivity index (χ4v) is 3.46. The number of para-hydroxylation sites is 1. The van der Waals surface area contributed by atoms with E-state index in [0.29, 0.717) is 38.3 Å². The molecule has 0 aliphatic carbocycles. The summed E-state index contributed by atoms with van der Waals surface area (Å²) in [5.41, 5.74) is 3.31. The minimum atomic E-state index is -0.353. The summed E-state index contributed by atoms with van der Waals surface area (Å²) in [6, 6.07) is 17.8. The molecule has 0 saturated heterocycles. The van der Waals surface area contributed by atoms with E-state index in [4.69, 9.17) is 9.47 Å². The molecule has 28 heavy (non-hydrogen) atoms. The zero-order chi connectivity index (χ0) is 19.9. The van der Waals surface area contributed by atoms with Crippen molar-refractivity contribution in [3.8, 4) is 11.1 Å². The SMILES string of the molecule is CCOC(=O)CCCn1c(C(=O)OCC)c(-c2ccccc2)c2ccccc21. The summed E-state index contributed by atoms with van der Waals surface area (Å²) in [6.45, 7) is 4.80. The minimum absolute atomic E-state index is 0.222. The van der Waals surface area contributed by atoms with E-state index in [1.54, 1.807) is 13.8 Å². The first-order chi connectivity index (χ1) is 13.7. The Morgan fingerprint density at radius 1 is 0.893 bits per heavy atom. The van der Waals surface area contributed by atoms with Gasteiger partial charge in [0.05, 0.1) is 13.2 Å². The Hall–Kier alpha value is -3.08. The quantitative estimate of drug-likeness (QED) is 0.526. The summed E-state index contributed by atoms with van der Waals surface area (Å²) in [7, 11) is 0. The zero-order valence-electron chi connectivity index (χ0n) is 16.3. The van der Waals surface area contributed by atoms with E-state index in [-0.39, 0.29) is 11.9 Å². The fraction of sp³-hybridized carbons (Fsp3) is 0.304. The van der Waals surface area contributed by atoms with Crippen molar-refractivity contribution in [2.24, 2.45) is 0 Å². The summed E-state index contributed by atoms with van der Waals surface area (Å²) in [5.74, 6) is -0.575. The van der Waals surface area contributed by atoms with Crippen LogP contribution in [0.15, 0.2) is 54.6 Å². The molecule has 1 aromatic heterocycles. The lowest BCUT2D eigenvalue weighted by molar-refractivity contribution is -0.143. The van der Waals surface area contributed by atoms with E-state index in [9.17, 15) is 9.59 Å². The number of benzene rings is 2. The minimum Gasteiger partial charge on any atom is -0.466 e. The van der Waals surface area contributed by atoms with Crippen LogP contribution < -0.4 is 0 Å². The van der Waals surface area contributed by atoms with Crippen LogP contribution in [-0.4, -0.2) is 29.7 Å². The molecule has 0 atom stereocenters. The molecule has 0 aliphatic heterocycles. The van der Waals surface area contributed by atoms with Crippen molar-refractivity contribution in [1.29, 1.82) is 0 Å². The highest BCUT2D eigenvalue weighted by molar-refractivity contribution is 6.08. The van der Waals surface area contributed by atoms with Crippen LogP contribution in [0.5, 0.6) is 0 Å². The highest BCUT2D eigenvalue weighted by Crippen LogP contribution is 2.35. The largest absolute Gasteiger partial charge is 0.466 e. The molecule has 5 nitrogen and oxygen atoms in total. The van der Waals surface area contributed by atoms with Crippen LogP contribution in [0.25, 0.3) is 22.0 Å². The number of nitrogens with zero attached hydrogens (tertiary/aromatic N) is 1. The molecule has 2 aromatic carbocycles. The lowest BCUT2D eigenvalue weighted by atomic mass is 10.0. The van der Waals surface area contributed by atoms with Gasteiger partial charge in [-0.2, -0.15) is 0 Å². The first-order valence-electron chi connectivity index (χ1n) is 9.66. The van der Waals surface area contributed by atoms with Crippen LogP contribution in [0.3, 0.4) is 0 Å². The van der Waals surface area contributed by atoms with Crippen molar-refractivity contribution in [3.05, 3.63) is 60.3 Å². The van der Waals surface area contributed by atoms with Gasteiger partial charge in [0.2, 0.25) is 0 Å². The summed E-state index contributed by atoms with van der Waals surface area (Å²) in [4.78, 5) is 24.6. The van der Waals surface area contributed by atoms with Crippen LogP contribution in [0, 0.1) is 0 Å². The Balaban J connectivity index is 2.09. The van der Waals surface area contributed by atoms with Crippen molar-refractivity contribution in [2.45, 2.75) is 33.2 Å². The van der Waals surface area contributed by atoms with Crippen LogP contribution in [0.4, 0.5) is 0 Å². The van der Waals surface area contributed by atoms with E-state index in [1.165, 1.54) is 0 Å². The Kier molecular flexibility index (Phi) is 6.48. The van der Waals surface area contributed by atoms with Gasteiger partial charge in [-0.3, -0.25) is 4.79 Å². The number of aromatic nitrogens is 1. The van der Waals surface area contributed by atoms with Crippen LogP contribution in [-0.2, 0) is 20.8 Å². The fourth-order valence-electron chi connectivity index (χ4n) is 3.46. The second kappa shape index (κ2) is 9.22. The second-order valence-electron chi connectivity index (χ2n) is 6.39. The normalized spacial score (nSPS) is 10.8. The second-order valence-corrected chi connectivity index (χ2v) is 6.39. The van der Waals surface area contributed by atoms with E-state index < -0.39 is 0 Å². The van der Waals surface area contributed by atoms with Gasteiger partial charge in [-0.1, -0.05) is 48.5 Å². The third-order valence-corrected chi connectivity index (χ3v) is 4.57. The third-order valence-electron chi connectivity index (χ3n) is 4.57. The molecular formula is C23H25NO4. The first kappa shape index (κ1) is 19.7. The molecule has 0 fully saturated rings. The number of carbonyl (C=O) groups is 2. The number of ether oxygens (including phenoxy) is 2. The van der Waals surface area contributed by atoms with Gasteiger partial charge in [0.1, 0.15) is 5.69 Å². The maximum absolute atomic E-state index is 12.9. The van der Waals surface area contributed by atoms with Crippen molar-refractivity contribution >= 4 is 22.8 Å². The summed E-state index contributed by atoms with van der Waals surface area (Å²) in [6.07, 6.45) is 0.890. The Bertz CT molecular complexity index is 959. The van der Waals surface area contributed by atoms with Crippen LogP contribution in [0.2, 0.25) is 0 Å². The number of carbonyl (C=O) groups excluding carboxylic acids is 2. The van der Waals surface area contributed by atoms with Gasteiger partial charge in [0, 0.05) is 29.4 Å². The number of hydrogen-bond acceptors (Lipinski definition) is 4. The van der Waals surface area contributed by atoms with E-state index in [2.05, 4.69) is 0 Å². The van der Waals surface area contributed by atoms with Crippen LogP contribution in [0.1, 0.15) is 37.2 Å². The van der Waals surface area contributed by atoms with E-state index in [0.717, 1.165) is 22.0 Å². The molecule has 5 heteroatoms. The lowest BCUT2D eigenvalue weighted by Gasteiger charge is -2.11. The van der Waals surface area contributed by atoms with Crippen LogP contribution >= 0.6 is 0 Å². The Labute approximate surface area is 164 Å². The molecule has 1 heterocycles. The maximum Gasteiger partial charge on any atom is 0.355 e. The van der Waals surface area contributed by atoms with E-state index in [1.807, 2.05) is 59.2 Å². The molecule has 0 N–H and O–H groups in total. The Morgan fingerprint density at radius 2 is 1.57 bits per heavy atom. The summed E-state index contributed by atoms with van der Waals surface area (Å²) in [5, 5.41) is 0.993. The standard InChI is InChI=1S/C23H25NO4/c1-3-27-20(25)15-10-16-24-19-14-9-8-13-18(19)21(17-11-6-5-7-12-17)22(24)23(26)28-4-2/h5-9,11-14H,3-4,10,15-16H2,1-2H3. The van der Waals surface area contributed by atoms with E-state index >= 15 is 0 Å². The van der Waals surface area contributed by atoms with Crippen molar-refractivity contribution in [2.75, 3.05) is 13.2 Å². The van der Waals surface area contributed by atoms with Crippen molar-refractivity contribution in [3.63, 3.8) is 0 Å². The maximum atomic E-state index is 12.9.